The summed E-state index contributed by atoms with van der Waals surface area (Å²) in [5, 5.41) is 27.2. The zero-order chi connectivity index (χ0) is 27.0. The molecular formula is C23H19N5Na2O7S2. The van der Waals surface area contributed by atoms with Gasteiger partial charge in [-0.1, -0.05) is 0 Å². The number of anilines is 1. The molecule has 192 valence electrons. The van der Waals surface area contributed by atoms with E-state index in [1.807, 2.05) is 0 Å². The molecule has 4 aromatic carbocycles. The average Bonchev–Trinajstić information content (AvgIpc) is 2.81. The Morgan fingerprint density at radius 1 is 0.718 bits per heavy atom. The number of hydrogen-bond acceptors (Lipinski definition) is 10. The fraction of sp³-hybridized carbons (Fsp3) is 0.0435. The fourth-order valence-electron chi connectivity index (χ4n) is 3.38. The van der Waals surface area contributed by atoms with Crippen molar-refractivity contribution in [3.8, 4) is 5.75 Å². The molecule has 16 heteroatoms. The molecule has 0 saturated carbocycles. The van der Waals surface area contributed by atoms with E-state index in [-0.39, 0.29) is 69.4 Å². The van der Waals surface area contributed by atoms with Crippen LogP contribution in [0, 0.1) is 6.92 Å². The Labute approximate surface area is 268 Å². The molecule has 0 bridgehead atoms. The summed E-state index contributed by atoms with van der Waals surface area (Å²) in [6, 6.07) is 15.4. The molecule has 0 aliphatic carbocycles. The fourth-order valence-corrected chi connectivity index (χ4v) is 4.52. The van der Waals surface area contributed by atoms with Gasteiger partial charge in [0.1, 0.15) is 10.6 Å². The monoisotopic (exact) mass is 587 g/mol. The van der Waals surface area contributed by atoms with Crippen LogP contribution in [0.15, 0.2) is 97.0 Å². The second-order valence-corrected chi connectivity index (χ2v) is 10.7. The van der Waals surface area contributed by atoms with Gasteiger partial charge in [0, 0.05) is 70.2 Å². The molecule has 2 radical (unpaired) electrons. The van der Waals surface area contributed by atoms with Crippen LogP contribution in [0.2, 0.25) is 0 Å². The summed E-state index contributed by atoms with van der Waals surface area (Å²) < 4.78 is 64.9. The van der Waals surface area contributed by atoms with E-state index in [4.69, 9.17) is 10.3 Å². The van der Waals surface area contributed by atoms with Crippen LogP contribution in [0.4, 0.5) is 28.4 Å². The van der Waals surface area contributed by atoms with Gasteiger partial charge in [-0.15, -0.1) is 5.11 Å². The molecule has 39 heavy (non-hydrogen) atoms. The van der Waals surface area contributed by atoms with Gasteiger partial charge in [0.05, 0.1) is 22.0 Å². The van der Waals surface area contributed by atoms with Gasteiger partial charge in [-0.3, -0.25) is 9.11 Å². The molecule has 4 aromatic rings. The molecule has 0 atom stereocenters. The van der Waals surface area contributed by atoms with Gasteiger partial charge in [-0.2, -0.15) is 32.2 Å². The molecule has 0 heterocycles. The first-order valence-corrected chi connectivity index (χ1v) is 13.3. The average molecular weight is 588 g/mol. The largest absolute Gasteiger partial charge is 0.505 e. The number of aromatic hydroxyl groups is 1. The molecule has 4 rings (SSSR count). The molecule has 0 fully saturated rings. The second-order valence-electron chi connectivity index (χ2n) is 7.87. The maximum atomic E-state index is 11.9. The molecule has 12 nitrogen and oxygen atoms in total. The number of phenols is 1. The van der Waals surface area contributed by atoms with E-state index >= 15 is 0 Å². The Balaban J connectivity index is 0.00000267. The van der Waals surface area contributed by atoms with Gasteiger partial charge in [0.15, 0.2) is 5.75 Å². The van der Waals surface area contributed by atoms with Crippen LogP contribution in [0.5, 0.6) is 5.75 Å². The van der Waals surface area contributed by atoms with E-state index in [0.29, 0.717) is 33.7 Å². The molecule has 5 N–H and O–H groups in total. The molecule has 0 unspecified atom stereocenters. The van der Waals surface area contributed by atoms with Crippen molar-refractivity contribution in [2.75, 3.05) is 5.73 Å². The molecular weight excluding hydrogens is 568 g/mol. The number of fused-ring (bicyclic) bond motifs is 1. The van der Waals surface area contributed by atoms with Crippen molar-refractivity contribution in [1.29, 1.82) is 0 Å². The summed E-state index contributed by atoms with van der Waals surface area (Å²) >= 11 is 0. The van der Waals surface area contributed by atoms with Crippen molar-refractivity contribution in [2.24, 2.45) is 20.5 Å². The first kappa shape index (κ1) is 33.0. The summed E-state index contributed by atoms with van der Waals surface area (Å²) in [4.78, 5) is -0.898. The standard InChI is InChI=1S/C23H19N5O7S2.2Na/c1-13-10-17(5-9-20(13)27-25-16-3-6-18(7-4-16)36(30,31)32)26-28-22-21(37(33,34)35)12-14-11-15(24)2-8-19(14)23(22)29;;/h2-12,29H,24H2,1H3,(H,30,31,32)(H,33,34,35);;. The number of nitrogens with two attached hydrogens (primary N) is 1. The Kier molecular flexibility index (Phi) is 10.9. The van der Waals surface area contributed by atoms with Crippen molar-refractivity contribution in [3.63, 3.8) is 0 Å². The number of aryl methyl sites for hydroxylation is 1. The summed E-state index contributed by atoms with van der Waals surface area (Å²) in [5.41, 5.74) is 7.37. The van der Waals surface area contributed by atoms with Crippen molar-refractivity contribution < 1.29 is 31.0 Å². The molecule has 0 amide bonds. The van der Waals surface area contributed by atoms with E-state index < -0.39 is 36.6 Å². The molecule has 0 aliphatic rings. The van der Waals surface area contributed by atoms with Crippen molar-refractivity contribution in [2.45, 2.75) is 16.7 Å². The number of benzene rings is 4. The van der Waals surface area contributed by atoms with Crippen molar-refractivity contribution in [3.05, 3.63) is 72.3 Å². The van der Waals surface area contributed by atoms with Crippen LogP contribution in [-0.2, 0) is 20.2 Å². The minimum absolute atomic E-state index is 0. The summed E-state index contributed by atoms with van der Waals surface area (Å²) in [5.74, 6) is -0.490. The normalized spacial score (nSPS) is 12.0. The quantitative estimate of drug-likeness (QED) is 0.104. The minimum Gasteiger partial charge on any atom is -0.505 e. The number of azo groups is 2. The number of phenolic OH excluding ortho intramolecular Hbond substituents is 1. The SMILES string of the molecule is Cc1cc(N=Nc2c(S(=O)(=O)O)cc3cc(N)ccc3c2O)ccc1N=Nc1ccc(S(=O)(=O)O)cc1.[Na].[Na]. The van der Waals surface area contributed by atoms with Crippen LogP contribution in [0.25, 0.3) is 10.8 Å². The Morgan fingerprint density at radius 2 is 1.33 bits per heavy atom. The van der Waals surface area contributed by atoms with Gasteiger partial charge in [-0.05, 0) is 84.6 Å². The first-order valence-electron chi connectivity index (χ1n) is 10.4. The van der Waals surface area contributed by atoms with E-state index in [0.717, 1.165) is 6.07 Å². The zero-order valence-electron chi connectivity index (χ0n) is 21.0. The predicted octanol–water partition coefficient (Wildman–Crippen LogP) is 5.00. The van der Waals surface area contributed by atoms with Crippen molar-refractivity contribution in [1.82, 2.24) is 0 Å². The van der Waals surface area contributed by atoms with Crippen LogP contribution < -0.4 is 5.73 Å². The van der Waals surface area contributed by atoms with E-state index in [1.54, 1.807) is 19.1 Å². The summed E-state index contributed by atoms with van der Waals surface area (Å²) in [6.07, 6.45) is 0. The van der Waals surface area contributed by atoms with Crippen LogP contribution in [0.3, 0.4) is 0 Å². The van der Waals surface area contributed by atoms with Crippen LogP contribution in [-0.4, -0.2) is 90.2 Å². The van der Waals surface area contributed by atoms with Gasteiger partial charge in [-0.25, -0.2) is 0 Å². The number of nitrogens with zero attached hydrogens (tertiary/aromatic N) is 4. The van der Waals surface area contributed by atoms with Gasteiger partial charge >= 0.3 is 0 Å². The molecule has 0 spiro atoms. The zero-order valence-corrected chi connectivity index (χ0v) is 26.6. The van der Waals surface area contributed by atoms with Gasteiger partial charge < -0.3 is 10.8 Å². The Hall–Kier alpha value is -2.24. The third kappa shape index (κ3) is 7.91. The molecule has 0 saturated heterocycles. The third-order valence-electron chi connectivity index (χ3n) is 5.21. The number of rotatable bonds is 6. The molecule has 0 aliphatic heterocycles. The van der Waals surface area contributed by atoms with E-state index in [2.05, 4.69) is 20.5 Å². The predicted molar refractivity (Wildman–Crippen MR) is 147 cm³/mol. The maximum absolute atomic E-state index is 11.9. The van der Waals surface area contributed by atoms with Crippen molar-refractivity contribution >= 4 is 119 Å². The minimum atomic E-state index is -4.75. The Bertz CT molecular complexity index is 1810. The first-order chi connectivity index (χ1) is 17.3. The van der Waals surface area contributed by atoms with Gasteiger partial charge in [0.2, 0.25) is 0 Å². The Morgan fingerprint density at radius 3 is 1.92 bits per heavy atom. The van der Waals surface area contributed by atoms with E-state index in [9.17, 15) is 26.5 Å². The van der Waals surface area contributed by atoms with Gasteiger partial charge in [0.25, 0.3) is 20.2 Å². The third-order valence-corrected chi connectivity index (χ3v) is 6.94. The molecule has 0 aromatic heterocycles. The number of nitrogen functional groups attached to an aromatic ring is 1. The smallest absolute Gasteiger partial charge is 0.296 e. The van der Waals surface area contributed by atoms with Crippen LogP contribution in [0.1, 0.15) is 5.56 Å². The second kappa shape index (κ2) is 13.0. The summed E-state index contributed by atoms with van der Waals surface area (Å²) in [7, 11) is -9.06. The maximum Gasteiger partial charge on any atom is 0.296 e. The van der Waals surface area contributed by atoms with E-state index in [1.165, 1.54) is 48.5 Å². The topological polar surface area (TPSA) is 204 Å². The van der Waals surface area contributed by atoms with Crippen LogP contribution >= 0.6 is 0 Å². The number of hydrogen-bond donors (Lipinski definition) is 4. The summed E-state index contributed by atoms with van der Waals surface area (Å²) in [6.45, 7) is 1.72.